The molecule has 0 saturated heterocycles. The maximum atomic E-state index is 12.9. The number of rotatable bonds is 3. The highest BCUT2D eigenvalue weighted by atomic mass is 35.5. The van der Waals surface area contributed by atoms with Crippen molar-refractivity contribution in [2.24, 2.45) is 7.05 Å². The van der Waals surface area contributed by atoms with Crippen LogP contribution < -0.4 is 5.32 Å². The van der Waals surface area contributed by atoms with Crippen LogP contribution in [0.15, 0.2) is 54.7 Å². The summed E-state index contributed by atoms with van der Waals surface area (Å²) < 4.78 is 14.6. The van der Waals surface area contributed by atoms with Gasteiger partial charge in [0.25, 0.3) is 5.91 Å². The standard InChI is InChI=1S/C17H13ClFN3O/c1-22-15(13-4-2-3-5-14(13)18)10-20-17(22)21-16(23)11-6-8-12(19)9-7-11/h2-10H,1H3,(H,20,21,23). The zero-order chi connectivity index (χ0) is 16.4. The third kappa shape index (κ3) is 3.10. The van der Waals surface area contributed by atoms with Crippen LogP contribution in [-0.4, -0.2) is 15.5 Å². The molecule has 0 aliphatic heterocycles. The van der Waals surface area contributed by atoms with E-state index in [-0.39, 0.29) is 11.7 Å². The van der Waals surface area contributed by atoms with Crippen molar-refractivity contribution in [2.75, 3.05) is 5.32 Å². The van der Waals surface area contributed by atoms with Crippen LogP contribution in [0.4, 0.5) is 10.3 Å². The number of amides is 1. The van der Waals surface area contributed by atoms with Crippen LogP contribution in [0.2, 0.25) is 5.02 Å². The molecule has 116 valence electrons. The highest BCUT2D eigenvalue weighted by molar-refractivity contribution is 6.33. The average Bonchev–Trinajstić information content (AvgIpc) is 2.89. The summed E-state index contributed by atoms with van der Waals surface area (Å²) in [6.45, 7) is 0. The molecule has 2 aromatic carbocycles. The molecule has 6 heteroatoms. The fourth-order valence-corrected chi connectivity index (χ4v) is 2.45. The normalized spacial score (nSPS) is 10.6. The number of hydrogen-bond donors (Lipinski definition) is 1. The molecular weight excluding hydrogens is 317 g/mol. The number of aromatic nitrogens is 2. The van der Waals surface area contributed by atoms with E-state index in [0.717, 1.165) is 11.3 Å². The number of hydrogen-bond acceptors (Lipinski definition) is 2. The van der Waals surface area contributed by atoms with Crippen molar-refractivity contribution >= 4 is 23.5 Å². The minimum absolute atomic E-state index is 0.355. The third-order valence-corrected chi connectivity index (χ3v) is 3.80. The van der Waals surface area contributed by atoms with Gasteiger partial charge in [-0.3, -0.25) is 10.1 Å². The Morgan fingerprint density at radius 3 is 2.57 bits per heavy atom. The predicted octanol–water partition coefficient (Wildman–Crippen LogP) is 4.13. The number of nitrogens with zero attached hydrogens (tertiary/aromatic N) is 2. The summed E-state index contributed by atoms with van der Waals surface area (Å²) >= 11 is 6.19. The molecule has 0 bridgehead atoms. The SMILES string of the molecule is Cn1c(-c2ccccc2Cl)cnc1NC(=O)c1ccc(F)cc1. The Labute approximate surface area is 137 Å². The van der Waals surface area contributed by atoms with Crippen molar-refractivity contribution in [3.05, 3.63) is 71.1 Å². The van der Waals surface area contributed by atoms with Gasteiger partial charge in [0, 0.05) is 23.2 Å². The fraction of sp³-hybridized carbons (Fsp3) is 0.0588. The van der Waals surface area contributed by atoms with Gasteiger partial charge in [-0.15, -0.1) is 0 Å². The molecule has 0 spiro atoms. The second-order valence-corrected chi connectivity index (χ2v) is 5.37. The monoisotopic (exact) mass is 329 g/mol. The van der Waals surface area contributed by atoms with E-state index in [4.69, 9.17) is 11.6 Å². The molecule has 1 amide bonds. The lowest BCUT2D eigenvalue weighted by Gasteiger charge is -2.08. The Kier molecular flexibility index (Phi) is 4.12. The molecule has 3 rings (SSSR count). The van der Waals surface area contributed by atoms with Crippen LogP contribution in [0, 0.1) is 5.82 Å². The minimum Gasteiger partial charge on any atom is -0.313 e. The molecule has 0 unspecified atom stereocenters. The third-order valence-electron chi connectivity index (χ3n) is 3.47. The van der Waals surface area contributed by atoms with Crippen LogP contribution >= 0.6 is 11.6 Å². The Balaban J connectivity index is 1.87. The summed E-state index contributed by atoms with van der Waals surface area (Å²) in [5.74, 6) is -0.363. The molecule has 1 N–H and O–H groups in total. The van der Waals surface area contributed by atoms with Crippen molar-refractivity contribution in [1.82, 2.24) is 9.55 Å². The Bertz CT molecular complexity index is 859. The molecule has 0 aliphatic rings. The first-order chi connectivity index (χ1) is 11.1. The molecule has 23 heavy (non-hydrogen) atoms. The highest BCUT2D eigenvalue weighted by Gasteiger charge is 2.14. The molecular formula is C17H13ClFN3O. The summed E-state index contributed by atoms with van der Waals surface area (Å²) in [4.78, 5) is 16.4. The van der Waals surface area contributed by atoms with E-state index in [1.165, 1.54) is 24.3 Å². The lowest BCUT2D eigenvalue weighted by molar-refractivity contribution is 0.102. The Morgan fingerprint density at radius 1 is 1.17 bits per heavy atom. The van der Waals surface area contributed by atoms with Gasteiger partial charge >= 0.3 is 0 Å². The van der Waals surface area contributed by atoms with E-state index < -0.39 is 0 Å². The number of carbonyl (C=O) groups is 1. The van der Waals surface area contributed by atoms with Crippen molar-refractivity contribution < 1.29 is 9.18 Å². The van der Waals surface area contributed by atoms with E-state index in [2.05, 4.69) is 10.3 Å². The topological polar surface area (TPSA) is 46.9 Å². The van der Waals surface area contributed by atoms with Crippen LogP contribution in [0.25, 0.3) is 11.3 Å². The van der Waals surface area contributed by atoms with E-state index in [1.54, 1.807) is 23.9 Å². The molecule has 0 radical (unpaired) electrons. The van der Waals surface area contributed by atoms with E-state index in [0.29, 0.717) is 16.5 Å². The van der Waals surface area contributed by atoms with Gasteiger partial charge in [-0.2, -0.15) is 0 Å². The number of anilines is 1. The van der Waals surface area contributed by atoms with Gasteiger partial charge in [0.1, 0.15) is 5.82 Å². The number of benzene rings is 2. The minimum atomic E-state index is -0.389. The average molecular weight is 330 g/mol. The smallest absolute Gasteiger partial charge is 0.257 e. The second-order valence-electron chi connectivity index (χ2n) is 4.97. The van der Waals surface area contributed by atoms with Crippen LogP contribution in [0.3, 0.4) is 0 Å². The van der Waals surface area contributed by atoms with Crippen molar-refractivity contribution in [3.8, 4) is 11.3 Å². The van der Waals surface area contributed by atoms with Gasteiger partial charge in [-0.1, -0.05) is 29.8 Å². The number of imidazole rings is 1. The van der Waals surface area contributed by atoms with Gasteiger partial charge in [0.2, 0.25) is 5.95 Å². The lowest BCUT2D eigenvalue weighted by atomic mass is 10.2. The quantitative estimate of drug-likeness (QED) is 0.785. The predicted molar refractivity (Wildman–Crippen MR) is 88.0 cm³/mol. The first kappa shape index (κ1) is 15.2. The van der Waals surface area contributed by atoms with Gasteiger partial charge in [0.05, 0.1) is 11.9 Å². The maximum absolute atomic E-state index is 12.9. The lowest BCUT2D eigenvalue weighted by Crippen LogP contribution is -2.15. The van der Waals surface area contributed by atoms with Gasteiger partial charge in [-0.25, -0.2) is 9.37 Å². The van der Waals surface area contributed by atoms with Crippen LogP contribution in [-0.2, 0) is 7.05 Å². The maximum Gasteiger partial charge on any atom is 0.257 e. The Hall–Kier alpha value is -2.66. The highest BCUT2D eigenvalue weighted by Crippen LogP contribution is 2.28. The summed E-state index contributed by atoms with van der Waals surface area (Å²) in [6.07, 6.45) is 1.64. The molecule has 1 aromatic heterocycles. The molecule has 0 saturated carbocycles. The first-order valence-electron chi connectivity index (χ1n) is 6.90. The molecule has 0 fully saturated rings. The summed E-state index contributed by atoms with van der Waals surface area (Å²) in [5.41, 5.74) is 1.96. The van der Waals surface area contributed by atoms with E-state index in [1.807, 2.05) is 18.2 Å². The zero-order valence-corrected chi connectivity index (χ0v) is 13.0. The van der Waals surface area contributed by atoms with E-state index >= 15 is 0 Å². The zero-order valence-electron chi connectivity index (χ0n) is 12.3. The van der Waals surface area contributed by atoms with Crippen LogP contribution in [0.1, 0.15) is 10.4 Å². The number of halogens is 2. The van der Waals surface area contributed by atoms with Crippen molar-refractivity contribution in [3.63, 3.8) is 0 Å². The van der Waals surface area contributed by atoms with Crippen LogP contribution in [0.5, 0.6) is 0 Å². The largest absolute Gasteiger partial charge is 0.313 e. The summed E-state index contributed by atoms with van der Waals surface area (Å²) in [7, 11) is 1.78. The molecule has 0 atom stereocenters. The van der Waals surface area contributed by atoms with Gasteiger partial charge in [0.15, 0.2) is 0 Å². The number of nitrogens with one attached hydrogen (secondary N) is 1. The van der Waals surface area contributed by atoms with Gasteiger partial charge in [-0.05, 0) is 30.3 Å². The molecule has 3 aromatic rings. The second kappa shape index (κ2) is 6.22. The van der Waals surface area contributed by atoms with E-state index in [9.17, 15) is 9.18 Å². The summed E-state index contributed by atoms with van der Waals surface area (Å²) in [6, 6.07) is 12.7. The molecule has 4 nitrogen and oxygen atoms in total. The molecule has 1 heterocycles. The van der Waals surface area contributed by atoms with Crippen molar-refractivity contribution in [2.45, 2.75) is 0 Å². The number of carbonyl (C=O) groups excluding carboxylic acids is 1. The summed E-state index contributed by atoms with van der Waals surface area (Å²) in [5, 5.41) is 3.31. The van der Waals surface area contributed by atoms with Crippen molar-refractivity contribution in [1.29, 1.82) is 0 Å². The fourth-order valence-electron chi connectivity index (χ4n) is 2.22. The van der Waals surface area contributed by atoms with Gasteiger partial charge < -0.3 is 4.57 Å². The molecule has 0 aliphatic carbocycles. The Morgan fingerprint density at radius 2 is 1.87 bits per heavy atom. The first-order valence-corrected chi connectivity index (χ1v) is 7.27.